The van der Waals surface area contributed by atoms with Crippen LogP contribution in [0.2, 0.25) is 0 Å². The van der Waals surface area contributed by atoms with Crippen LogP contribution in [0.5, 0.6) is 11.5 Å². The molecule has 24 heavy (non-hydrogen) atoms. The molecule has 0 N–H and O–H groups in total. The van der Waals surface area contributed by atoms with Crippen LogP contribution < -0.4 is 9.47 Å². The van der Waals surface area contributed by atoms with Crippen LogP contribution in [0.15, 0.2) is 24.3 Å². The van der Waals surface area contributed by atoms with E-state index in [9.17, 15) is 4.79 Å². The molecule has 4 rings (SSSR count). The highest BCUT2D eigenvalue weighted by molar-refractivity contribution is 5.98. The molecule has 0 radical (unpaired) electrons. The van der Waals surface area contributed by atoms with Gasteiger partial charge in [-0.15, -0.1) is 0 Å². The van der Waals surface area contributed by atoms with E-state index >= 15 is 0 Å². The lowest BCUT2D eigenvalue weighted by atomic mass is 10.0. The van der Waals surface area contributed by atoms with Crippen LogP contribution in [0.4, 0.5) is 0 Å². The van der Waals surface area contributed by atoms with Crippen LogP contribution in [-0.2, 0) is 0 Å². The van der Waals surface area contributed by atoms with E-state index in [1.165, 1.54) is 0 Å². The van der Waals surface area contributed by atoms with Crippen molar-refractivity contribution in [3.63, 3.8) is 0 Å². The predicted molar refractivity (Wildman–Crippen MR) is 88.4 cm³/mol. The number of carbonyl (C=O) groups excluding carboxylic acids is 1. The maximum Gasteiger partial charge on any atom is 0.257 e. The van der Waals surface area contributed by atoms with Gasteiger partial charge in [0.05, 0.1) is 17.3 Å². The maximum absolute atomic E-state index is 13.0. The van der Waals surface area contributed by atoms with Crippen LogP contribution in [0, 0.1) is 13.8 Å². The molecule has 0 bridgehead atoms. The third-order valence-electron chi connectivity index (χ3n) is 4.70. The van der Waals surface area contributed by atoms with Crippen molar-refractivity contribution >= 4 is 5.91 Å². The number of ether oxygens (including phenoxy) is 2. The molecule has 1 aromatic heterocycles. The molecule has 1 unspecified atom stereocenters. The molecule has 2 aliphatic rings. The van der Waals surface area contributed by atoms with E-state index in [-0.39, 0.29) is 18.7 Å². The van der Waals surface area contributed by atoms with Gasteiger partial charge in [0.25, 0.3) is 5.91 Å². The van der Waals surface area contributed by atoms with E-state index in [4.69, 9.17) is 9.47 Å². The molecule has 1 saturated heterocycles. The molecule has 2 aliphatic heterocycles. The molecular formula is C18H21N3O3. The van der Waals surface area contributed by atoms with E-state index in [0.717, 1.165) is 30.8 Å². The van der Waals surface area contributed by atoms with Gasteiger partial charge in [-0.2, -0.15) is 5.10 Å². The Morgan fingerprint density at radius 1 is 1.29 bits per heavy atom. The van der Waals surface area contributed by atoms with E-state index in [1.807, 2.05) is 30.0 Å². The summed E-state index contributed by atoms with van der Waals surface area (Å²) in [6.45, 7) is 5.67. The lowest BCUT2D eigenvalue weighted by molar-refractivity contribution is 0.0667. The molecule has 1 aromatic carbocycles. The summed E-state index contributed by atoms with van der Waals surface area (Å²) in [6.07, 6.45) is 2.01. The molecular weight excluding hydrogens is 306 g/mol. The Bertz CT molecular complexity index is 784. The molecule has 1 amide bonds. The summed E-state index contributed by atoms with van der Waals surface area (Å²) in [5.41, 5.74) is 2.74. The van der Waals surface area contributed by atoms with Gasteiger partial charge in [-0.3, -0.25) is 9.48 Å². The van der Waals surface area contributed by atoms with Gasteiger partial charge in [-0.05, 0) is 44.9 Å². The Morgan fingerprint density at radius 2 is 2.17 bits per heavy atom. The second kappa shape index (κ2) is 5.85. The number of nitrogens with zero attached hydrogens (tertiary/aromatic N) is 3. The number of likely N-dealkylation sites (tertiary alicyclic amines) is 1. The second-order valence-corrected chi connectivity index (χ2v) is 6.46. The fourth-order valence-corrected chi connectivity index (χ4v) is 3.62. The highest BCUT2D eigenvalue weighted by atomic mass is 16.7. The minimum atomic E-state index is 0.00332. The third kappa shape index (κ3) is 2.52. The van der Waals surface area contributed by atoms with Crippen molar-refractivity contribution in [2.24, 2.45) is 0 Å². The van der Waals surface area contributed by atoms with Crippen molar-refractivity contribution in [1.29, 1.82) is 0 Å². The first-order valence-corrected chi connectivity index (χ1v) is 8.34. The molecule has 6 heteroatoms. The minimum Gasteiger partial charge on any atom is -0.454 e. The third-order valence-corrected chi connectivity index (χ3v) is 4.70. The summed E-state index contributed by atoms with van der Waals surface area (Å²) in [5, 5.41) is 4.59. The number of hydrogen-bond donors (Lipinski definition) is 0. The van der Waals surface area contributed by atoms with Gasteiger partial charge in [-0.25, -0.2) is 0 Å². The van der Waals surface area contributed by atoms with Crippen molar-refractivity contribution in [3.05, 3.63) is 41.2 Å². The van der Waals surface area contributed by atoms with Gasteiger partial charge in [0.1, 0.15) is 0 Å². The molecule has 3 heterocycles. The van der Waals surface area contributed by atoms with Crippen molar-refractivity contribution in [1.82, 2.24) is 14.7 Å². The van der Waals surface area contributed by atoms with E-state index in [1.54, 1.807) is 0 Å². The van der Waals surface area contributed by atoms with Crippen LogP contribution in [0.1, 0.15) is 40.6 Å². The van der Waals surface area contributed by atoms with Crippen LogP contribution in [0.25, 0.3) is 0 Å². The predicted octanol–water partition coefficient (Wildman–Crippen LogP) is 2.71. The number of rotatable bonds is 2. The zero-order valence-electron chi connectivity index (χ0n) is 14.0. The maximum atomic E-state index is 13.0. The summed E-state index contributed by atoms with van der Waals surface area (Å²) in [6, 6.07) is 7.78. The fraction of sp³-hybridized carbons (Fsp3) is 0.444. The highest BCUT2D eigenvalue weighted by Gasteiger charge is 2.30. The number of piperidine rings is 1. The number of para-hydroxylation sites is 1. The monoisotopic (exact) mass is 327 g/mol. The summed E-state index contributed by atoms with van der Waals surface area (Å²) < 4.78 is 12.9. The number of carbonyl (C=O) groups is 1. The van der Waals surface area contributed by atoms with E-state index in [2.05, 4.69) is 22.8 Å². The Hall–Kier alpha value is -2.50. The fourth-order valence-electron chi connectivity index (χ4n) is 3.62. The van der Waals surface area contributed by atoms with Gasteiger partial charge in [-0.1, -0.05) is 6.07 Å². The number of fused-ring (bicyclic) bond motifs is 1. The van der Waals surface area contributed by atoms with Crippen LogP contribution in [-0.4, -0.2) is 40.5 Å². The standard InChI is InChI=1S/C18H21N3O3/c1-12-9-13(2)21(19-12)14-5-4-8-20(10-14)18(22)15-6-3-7-16-17(15)24-11-23-16/h3,6-7,9,14H,4-5,8,10-11H2,1-2H3. The quantitative estimate of drug-likeness (QED) is 0.851. The normalized spacial score (nSPS) is 19.6. The topological polar surface area (TPSA) is 56.6 Å². The zero-order valence-corrected chi connectivity index (χ0v) is 14.0. The first kappa shape index (κ1) is 15.1. The van der Waals surface area contributed by atoms with Gasteiger partial charge in [0.2, 0.25) is 6.79 Å². The van der Waals surface area contributed by atoms with Gasteiger partial charge in [0, 0.05) is 18.8 Å². The molecule has 126 valence electrons. The van der Waals surface area contributed by atoms with Crippen LogP contribution >= 0.6 is 0 Å². The Labute approximate surface area is 141 Å². The molecule has 1 fully saturated rings. The van der Waals surface area contributed by atoms with Crippen molar-refractivity contribution < 1.29 is 14.3 Å². The lowest BCUT2D eigenvalue weighted by Crippen LogP contribution is -2.41. The Kier molecular flexibility index (Phi) is 3.67. The largest absolute Gasteiger partial charge is 0.454 e. The first-order chi connectivity index (χ1) is 11.6. The lowest BCUT2D eigenvalue weighted by Gasteiger charge is -2.33. The summed E-state index contributed by atoms with van der Waals surface area (Å²) in [5.74, 6) is 1.22. The number of benzene rings is 1. The number of aryl methyl sites for hydroxylation is 2. The molecule has 2 aromatic rings. The van der Waals surface area contributed by atoms with E-state index < -0.39 is 0 Å². The van der Waals surface area contributed by atoms with E-state index in [0.29, 0.717) is 23.6 Å². The molecule has 0 aliphatic carbocycles. The van der Waals surface area contributed by atoms with Gasteiger partial charge < -0.3 is 14.4 Å². The number of hydrogen-bond acceptors (Lipinski definition) is 4. The van der Waals surface area contributed by atoms with Gasteiger partial charge >= 0.3 is 0 Å². The number of aromatic nitrogens is 2. The molecule has 0 spiro atoms. The zero-order chi connectivity index (χ0) is 16.7. The molecule has 0 saturated carbocycles. The van der Waals surface area contributed by atoms with Gasteiger partial charge in [0.15, 0.2) is 11.5 Å². The Balaban J connectivity index is 1.57. The van der Waals surface area contributed by atoms with Crippen molar-refractivity contribution in [3.8, 4) is 11.5 Å². The molecule has 6 nitrogen and oxygen atoms in total. The SMILES string of the molecule is Cc1cc(C)n(C2CCCN(C(=O)c3cccc4c3OCO4)C2)n1. The van der Waals surface area contributed by atoms with Crippen molar-refractivity contribution in [2.45, 2.75) is 32.7 Å². The summed E-state index contributed by atoms with van der Waals surface area (Å²) in [4.78, 5) is 14.9. The minimum absolute atomic E-state index is 0.00332. The number of amides is 1. The Morgan fingerprint density at radius 3 is 2.96 bits per heavy atom. The molecule has 1 atom stereocenters. The first-order valence-electron chi connectivity index (χ1n) is 8.34. The average Bonchev–Trinajstić information content (AvgIpc) is 3.20. The van der Waals surface area contributed by atoms with Crippen molar-refractivity contribution in [2.75, 3.05) is 19.9 Å². The summed E-state index contributed by atoms with van der Waals surface area (Å²) >= 11 is 0. The van der Waals surface area contributed by atoms with Crippen LogP contribution in [0.3, 0.4) is 0 Å². The summed E-state index contributed by atoms with van der Waals surface area (Å²) in [7, 11) is 0. The highest BCUT2D eigenvalue weighted by Crippen LogP contribution is 2.36. The average molecular weight is 327 g/mol. The smallest absolute Gasteiger partial charge is 0.257 e. The second-order valence-electron chi connectivity index (χ2n) is 6.46.